The Morgan fingerprint density at radius 2 is 1.67 bits per heavy atom. The van der Waals surface area contributed by atoms with Crippen molar-refractivity contribution in [2.75, 3.05) is 10.6 Å². The van der Waals surface area contributed by atoms with E-state index in [1.54, 1.807) is 30.5 Å². The maximum absolute atomic E-state index is 13.5. The SMILES string of the molecule is CC1(C)CC(=O)C2=C(C1)Nc1c(N=Cc3ccc(Cl)cc3Cl)cccc1NC2c1ccc(Cl)cc1Cl. The van der Waals surface area contributed by atoms with Gasteiger partial charge in [0.05, 0.1) is 28.1 Å². The first-order chi connectivity index (χ1) is 17.1. The predicted molar refractivity (Wildman–Crippen MR) is 152 cm³/mol. The summed E-state index contributed by atoms with van der Waals surface area (Å²) in [6.07, 6.45) is 2.87. The topological polar surface area (TPSA) is 53.5 Å². The summed E-state index contributed by atoms with van der Waals surface area (Å²) in [6, 6.07) is 16.0. The van der Waals surface area contributed by atoms with E-state index < -0.39 is 6.04 Å². The zero-order valence-electron chi connectivity index (χ0n) is 19.6. The second-order valence-corrected chi connectivity index (χ2v) is 11.5. The van der Waals surface area contributed by atoms with Gasteiger partial charge in [0.15, 0.2) is 5.78 Å². The molecule has 1 aliphatic carbocycles. The molecule has 5 rings (SSSR count). The summed E-state index contributed by atoms with van der Waals surface area (Å²) in [6.45, 7) is 4.21. The van der Waals surface area contributed by atoms with Crippen LogP contribution in [-0.4, -0.2) is 12.0 Å². The van der Waals surface area contributed by atoms with E-state index in [1.807, 2.05) is 30.3 Å². The molecule has 1 atom stereocenters. The lowest BCUT2D eigenvalue weighted by Crippen LogP contribution is -2.31. The zero-order chi connectivity index (χ0) is 25.6. The number of fused-ring (bicyclic) bond motifs is 1. The summed E-state index contributed by atoms with van der Waals surface area (Å²) in [4.78, 5) is 18.2. The maximum atomic E-state index is 13.5. The summed E-state index contributed by atoms with van der Waals surface area (Å²) in [5.74, 6) is 0.0862. The molecule has 8 heteroatoms. The van der Waals surface area contributed by atoms with Crippen LogP contribution in [0.4, 0.5) is 17.1 Å². The fourth-order valence-corrected chi connectivity index (χ4v) is 5.75. The first-order valence-corrected chi connectivity index (χ1v) is 13.0. The Kier molecular flexibility index (Phi) is 6.82. The van der Waals surface area contributed by atoms with E-state index >= 15 is 0 Å². The molecule has 184 valence electrons. The molecule has 1 unspecified atom stereocenters. The van der Waals surface area contributed by atoms with Crippen molar-refractivity contribution in [3.8, 4) is 0 Å². The van der Waals surface area contributed by atoms with Gasteiger partial charge in [-0.05, 0) is 53.8 Å². The Morgan fingerprint density at radius 1 is 0.944 bits per heavy atom. The molecule has 4 nitrogen and oxygen atoms in total. The molecule has 0 spiro atoms. The van der Waals surface area contributed by atoms with Gasteiger partial charge in [0, 0.05) is 44.5 Å². The number of nitrogens with zero attached hydrogens (tertiary/aromatic N) is 1. The normalized spacial score (nSPS) is 18.8. The molecule has 0 aromatic heterocycles. The van der Waals surface area contributed by atoms with Gasteiger partial charge in [-0.25, -0.2) is 0 Å². The van der Waals surface area contributed by atoms with Gasteiger partial charge in [0.2, 0.25) is 0 Å². The number of rotatable bonds is 3. The van der Waals surface area contributed by atoms with Gasteiger partial charge in [0.1, 0.15) is 0 Å². The second-order valence-electron chi connectivity index (χ2n) is 9.83. The fraction of sp³-hybridized carbons (Fsp3) is 0.214. The summed E-state index contributed by atoms with van der Waals surface area (Å²) in [5.41, 5.74) is 5.20. The number of Topliss-reactive ketones (excluding diaryl/α,β-unsaturated/α-hetero) is 1. The molecule has 0 radical (unpaired) electrons. The molecule has 0 fully saturated rings. The lowest BCUT2D eigenvalue weighted by atomic mass is 9.73. The number of benzene rings is 3. The van der Waals surface area contributed by atoms with Crippen LogP contribution in [0.2, 0.25) is 20.1 Å². The van der Waals surface area contributed by atoms with Crippen molar-refractivity contribution in [1.29, 1.82) is 0 Å². The predicted octanol–water partition coefficient (Wildman–Crippen LogP) is 9.27. The van der Waals surface area contributed by atoms with E-state index in [0.717, 1.165) is 28.2 Å². The number of para-hydroxylation sites is 1. The monoisotopic (exact) mass is 557 g/mol. The van der Waals surface area contributed by atoms with Crippen LogP contribution in [-0.2, 0) is 4.79 Å². The minimum absolute atomic E-state index is 0.0862. The van der Waals surface area contributed by atoms with E-state index in [4.69, 9.17) is 51.4 Å². The molecular weight excluding hydrogens is 536 g/mol. The highest BCUT2D eigenvalue weighted by molar-refractivity contribution is 6.36. The average molecular weight is 559 g/mol. The van der Waals surface area contributed by atoms with Gasteiger partial charge in [-0.15, -0.1) is 0 Å². The Morgan fingerprint density at radius 3 is 2.39 bits per heavy atom. The van der Waals surface area contributed by atoms with E-state index in [1.165, 1.54) is 0 Å². The Hall–Kier alpha value is -2.50. The average Bonchev–Trinajstić information content (AvgIpc) is 2.94. The highest BCUT2D eigenvalue weighted by Crippen LogP contribution is 2.48. The van der Waals surface area contributed by atoms with Crippen LogP contribution in [0.1, 0.15) is 43.9 Å². The Bertz CT molecular complexity index is 1440. The smallest absolute Gasteiger partial charge is 0.163 e. The van der Waals surface area contributed by atoms with Gasteiger partial charge < -0.3 is 10.6 Å². The number of aliphatic imine (C=N–C) groups is 1. The van der Waals surface area contributed by atoms with Crippen LogP contribution in [0, 0.1) is 5.41 Å². The Labute approximate surface area is 230 Å². The highest BCUT2D eigenvalue weighted by Gasteiger charge is 2.39. The second kappa shape index (κ2) is 9.75. The molecule has 0 saturated carbocycles. The molecule has 0 saturated heterocycles. The summed E-state index contributed by atoms with van der Waals surface area (Å²) < 4.78 is 0. The van der Waals surface area contributed by atoms with Crippen molar-refractivity contribution in [3.63, 3.8) is 0 Å². The van der Waals surface area contributed by atoms with Gasteiger partial charge in [-0.3, -0.25) is 9.79 Å². The zero-order valence-corrected chi connectivity index (χ0v) is 22.7. The minimum Gasteiger partial charge on any atom is -0.372 e. The number of ketones is 1. The highest BCUT2D eigenvalue weighted by atomic mass is 35.5. The number of halogens is 4. The number of carbonyl (C=O) groups is 1. The molecule has 2 aliphatic rings. The third kappa shape index (κ3) is 5.01. The van der Waals surface area contributed by atoms with Crippen molar-refractivity contribution >= 4 is 75.5 Å². The van der Waals surface area contributed by atoms with E-state index in [-0.39, 0.29) is 11.2 Å². The van der Waals surface area contributed by atoms with Crippen LogP contribution in [0.25, 0.3) is 0 Å². The molecule has 1 aliphatic heterocycles. The van der Waals surface area contributed by atoms with Crippen molar-refractivity contribution in [1.82, 2.24) is 0 Å². The first-order valence-electron chi connectivity index (χ1n) is 11.5. The molecule has 3 aromatic carbocycles. The van der Waals surface area contributed by atoms with Crippen molar-refractivity contribution in [2.24, 2.45) is 10.4 Å². The number of allylic oxidation sites excluding steroid dienone is 1. The number of nitrogens with one attached hydrogen (secondary N) is 2. The molecule has 3 aromatic rings. The summed E-state index contributed by atoms with van der Waals surface area (Å²) in [5, 5.41) is 9.25. The van der Waals surface area contributed by atoms with Crippen LogP contribution >= 0.6 is 46.4 Å². The fourth-order valence-electron chi connectivity index (χ4n) is 4.77. The standard InChI is InChI=1S/C28H23Cl4N3O/c1-28(2)12-23-25(24(36)13-28)26(18-9-8-17(30)11-20(18)32)34-22-5-3-4-21(27(22)35-23)33-14-15-6-7-16(29)10-19(15)31/h3-11,14,26,34-35H,12-13H2,1-2H3. The summed E-state index contributed by atoms with van der Waals surface area (Å²) >= 11 is 25.2. The third-order valence-corrected chi connectivity index (χ3v) is 7.53. The van der Waals surface area contributed by atoms with E-state index in [0.29, 0.717) is 44.2 Å². The quantitative estimate of drug-likeness (QED) is 0.315. The maximum Gasteiger partial charge on any atom is 0.163 e. The largest absolute Gasteiger partial charge is 0.372 e. The number of hydrogen-bond acceptors (Lipinski definition) is 4. The van der Waals surface area contributed by atoms with Crippen molar-refractivity contribution < 1.29 is 4.79 Å². The minimum atomic E-state index is -0.438. The first kappa shape index (κ1) is 25.2. The van der Waals surface area contributed by atoms with Crippen molar-refractivity contribution in [2.45, 2.75) is 32.7 Å². The molecule has 1 heterocycles. The Balaban J connectivity index is 1.64. The molecule has 0 amide bonds. The van der Waals surface area contributed by atoms with Gasteiger partial charge >= 0.3 is 0 Å². The van der Waals surface area contributed by atoms with Crippen molar-refractivity contribution in [3.05, 3.63) is 97.1 Å². The molecule has 2 N–H and O–H groups in total. The lowest BCUT2D eigenvalue weighted by Gasteiger charge is -2.34. The van der Waals surface area contributed by atoms with E-state index in [2.05, 4.69) is 24.5 Å². The van der Waals surface area contributed by atoms with Crippen LogP contribution in [0.3, 0.4) is 0 Å². The van der Waals surface area contributed by atoms with Crippen LogP contribution in [0.15, 0.2) is 70.9 Å². The van der Waals surface area contributed by atoms with Gasteiger partial charge in [-0.2, -0.15) is 0 Å². The number of hydrogen-bond donors (Lipinski definition) is 2. The molecule has 0 bridgehead atoms. The van der Waals surface area contributed by atoms with Crippen LogP contribution in [0.5, 0.6) is 0 Å². The molecular formula is C28H23Cl4N3O. The molecule has 36 heavy (non-hydrogen) atoms. The van der Waals surface area contributed by atoms with Gasteiger partial charge in [0.25, 0.3) is 0 Å². The lowest BCUT2D eigenvalue weighted by molar-refractivity contribution is -0.118. The van der Waals surface area contributed by atoms with E-state index in [9.17, 15) is 4.79 Å². The number of anilines is 2. The third-order valence-electron chi connectivity index (χ3n) is 6.41. The van der Waals surface area contributed by atoms with Gasteiger partial charge in [-0.1, -0.05) is 78.5 Å². The summed E-state index contributed by atoms with van der Waals surface area (Å²) in [7, 11) is 0. The number of carbonyl (C=O) groups excluding carboxylic acids is 1. The van der Waals surface area contributed by atoms with Crippen LogP contribution < -0.4 is 10.6 Å².